The molecule has 1 aliphatic rings. The molecule has 2 N–H and O–H groups in total. The predicted octanol–water partition coefficient (Wildman–Crippen LogP) is 0.961. The van der Waals surface area contributed by atoms with E-state index in [0.717, 1.165) is 31.7 Å². The molecule has 2 aromatic rings. The lowest BCUT2D eigenvalue weighted by molar-refractivity contribution is -1.02. The number of nitrogens with one attached hydrogen (secondary N) is 2. The van der Waals surface area contributed by atoms with Crippen LogP contribution < -0.4 is 14.5 Å². The van der Waals surface area contributed by atoms with Crippen molar-refractivity contribution in [2.75, 3.05) is 39.3 Å². The third-order valence-electron chi connectivity index (χ3n) is 5.59. The summed E-state index contributed by atoms with van der Waals surface area (Å²) in [6.45, 7) is 9.79. The van der Waals surface area contributed by atoms with Gasteiger partial charge in [-0.2, -0.15) is 0 Å². The van der Waals surface area contributed by atoms with Crippen LogP contribution in [0.5, 0.6) is 5.75 Å². The lowest BCUT2D eigenvalue weighted by Crippen LogP contribution is -3.27. The summed E-state index contributed by atoms with van der Waals surface area (Å²) >= 11 is 0. The topological polar surface area (TPSA) is 35.2 Å². The van der Waals surface area contributed by atoms with E-state index in [4.69, 9.17) is 4.74 Å². The molecule has 1 aliphatic heterocycles. The van der Waals surface area contributed by atoms with Gasteiger partial charge in [0.15, 0.2) is 0 Å². The van der Waals surface area contributed by atoms with Crippen LogP contribution in [-0.2, 0) is 17.8 Å². The number of carbonyl (C=O) groups excluding carboxylic acids is 1. The molecule has 0 radical (unpaired) electrons. The molecule has 0 aliphatic carbocycles. The van der Waals surface area contributed by atoms with E-state index in [1.807, 2.05) is 12.1 Å². The van der Waals surface area contributed by atoms with Crippen molar-refractivity contribution in [1.82, 2.24) is 0 Å². The van der Waals surface area contributed by atoms with Crippen molar-refractivity contribution in [2.45, 2.75) is 32.7 Å². The summed E-state index contributed by atoms with van der Waals surface area (Å²) in [6, 6.07) is 19.0. The van der Waals surface area contributed by atoms with Gasteiger partial charge >= 0.3 is 0 Å². The maximum atomic E-state index is 11.1. The Kier molecular flexibility index (Phi) is 8.07. The summed E-state index contributed by atoms with van der Waals surface area (Å²) in [7, 11) is 0. The fraction of sp³-hybridized carbons (Fsp3) is 0.458. The summed E-state index contributed by atoms with van der Waals surface area (Å²) in [5, 5.41) is 0. The third kappa shape index (κ3) is 7.10. The first kappa shape index (κ1) is 20.6. The van der Waals surface area contributed by atoms with Gasteiger partial charge in [-0.05, 0) is 31.0 Å². The van der Waals surface area contributed by atoms with Crippen LogP contribution in [0.2, 0.25) is 0 Å². The molecule has 0 spiro atoms. The highest BCUT2D eigenvalue weighted by Crippen LogP contribution is 2.13. The zero-order chi connectivity index (χ0) is 19.6. The van der Waals surface area contributed by atoms with Gasteiger partial charge in [-0.15, -0.1) is 0 Å². The number of ketones is 1. The number of benzene rings is 2. The number of aryl methyl sites for hydroxylation is 1. The fourth-order valence-corrected chi connectivity index (χ4v) is 3.85. The van der Waals surface area contributed by atoms with Crippen LogP contribution >= 0.6 is 0 Å². The van der Waals surface area contributed by atoms with Gasteiger partial charge in [-0.25, -0.2) is 0 Å². The number of hydrogen-bond acceptors (Lipinski definition) is 2. The molecule has 3 rings (SSSR count). The smallest absolute Gasteiger partial charge is 0.130 e. The van der Waals surface area contributed by atoms with E-state index in [9.17, 15) is 4.79 Å². The highest BCUT2D eigenvalue weighted by atomic mass is 16.5. The van der Waals surface area contributed by atoms with Crippen LogP contribution in [0.1, 0.15) is 30.9 Å². The largest absolute Gasteiger partial charge is 0.493 e. The molecule has 0 amide bonds. The second kappa shape index (κ2) is 11.0. The number of quaternary nitrogens is 2. The number of hydrogen-bond donors (Lipinski definition) is 2. The van der Waals surface area contributed by atoms with Crippen molar-refractivity contribution in [3.8, 4) is 5.75 Å². The van der Waals surface area contributed by atoms with Gasteiger partial charge < -0.3 is 19.3 Å². The van der Waals surface area contributed by atoms with E-state index in [0.29, 0.717) is 6.42 Å². The van der Waals surface area contributed by atoms with Crippen LogP contribution in [0.3, 0.4) is 0 Å². The molecule has 1 heterocycles. The van der Waals surface area contributed by atoms with Crippen molar-refractivity contribution >= 4 is 5.78 Å². The molecule has 0 unspecified atom stereocenters. The number of rotatable bonds is 10. The first-order chi connectivity index (χ1) is 13.7. The molecule has 1 saturated heterocycles. The van der Waals surface area contributed by atoms with E-state index < -0.39 is 0 Å². The minimum Gasteiger partial charge on any atom is -0.493 e. The molecular weight excluding hydrogens is 348 g/mol. The van der Waals surface area contributed by atoms with E-state index in [-0.39, 0.29) is 5.78 Å². The molecule has 0 aromatic heterocycles. The summed E-state index contributed by atoms with van der Waals surface area (Å²) in [4.78, 5) is 14.5. The molecule has 0 bridgehead atoms. The van der Waals surface area contributed by atoms with Gasteiger partial charge in [0.2, 0.25) is 0 Å². The van der Waals surface area contributed by atoms with Crippen molar-refractivity contribution in [2.24, 2.45) is 0 Å². The van der Waals surface area contributed by atoms with Crippen LogP contribution in [-0.4, -0.2) is 45.1 Å². The monoisotopic (exact) mass is 382 g/mol. The van der Waals surface area contributed by atoms with Gasteiger partial charge in [0, 0.05) is 18.4 Å². The summed E-state index contributed by atoms with van der Waals surface area (Å²) in [5.41, 5.74) is 2.64. The average molecular weight is 383 g/mol. The van der Waals surface area contributed by atoms with Crippen LogP contribution in [0.25, 0.3) is 0 Å². The predicted molar refractivity (Wildman–Crippen MR) is 112 cm³/mol. The van der Waals surface area contributed by atoms with Crippen molar-refractivity contribution in [3.63, 3.8) is 0 Å². The molecule has 1 fully saturated rings. The second-order valence-electron chi connectivity index (χ2n) is 7.96. The molecule has 2 aromatic carbocycles. The Morgan fingerprint density at radius 1 is 0.893 bits per heavy atom. The highest BCUT2D eigenvalue weighted by molar-refractivity contribution is 5.75. The quantitative estimate of drug-likeness (QED) is 0.601. The van der Waals surface area contributed by atoms with Crippen molar-refractivity contribution in [1.29, 1.82) is 0 Å². The minimum absolute atomic E-state index is 0.241. The number of carbonyl (C=O) groups is 1. The Bertz CT molecular complexity index is 707. The number of ether oxygens (including phenoxy) is 1. The molecular formula is C24H34N2O2+2. The first-order valence-corrected chi connectivity index (χ1v) is 10.6. The van der Waals surface area contributed by atoms with E-state index in [1.54, 1.807) is 16.7 Å². The maximum absolute atomic E-state index is 11.1. The van der Waals surface area contributed by atoms with E-state index >= 15 is 0 Å². The molecule has 28 heavy (non-hydrogen) atoms. The minimum atomic E-state index is 0.241. The SMILES string of the molecule is CC(=O)CCc1ccc(OCCC[NH+]2CC[NH+](Cc3ccccc3)CC2)cc1. The Hall–Kier alpha value is -2.17. The highest BCUT2D eigenvalue weighted by Gasteiger charge is 2.22. The Morgan fingerprint density at radius 3 is 2.25 bits per heavy atom. The average Bonchev–Trinajstić information content (AvgIpc) is 2.72. The van der Waals surface area contributed by atoms with Gasteiger partial charge in [-0.3, -0.25) is 0 Å². The van der Waals surface area contributed by atoms with Gasteiger partial charge in [0.05, 0.1) is 13.2 Å². The zero-order valence-electron chi connectivity index (χ0n) is 17.1. The number of Topliss-reactive ketones (excluding diaryl/α,β-unsaturated/α-hetero) is 1. The fourth-order valence-electron chi connectivity index (χ4n) is 3.85. The Balaban J connectivity index is 1.28. The standard InChI is InChI=1S/C24H32N2O2/c1-21(27)8-9-22-10-12-24(13-11-22)28-19-5-14-25-15-17-26(18-16-25)20-23-6-3-2-4-7-23/h2-4,6-7,10-13H,5,8-9,14-20H2,1H3/p+2. The summed E-state index contributed by atoms with van der Waals surface area (Å²) < 4.78 is 5.89. The van der Waals surface area contributed by atoms with Crippen LogP contribution in [0, 0.1) is 0 Å². The molecule has 0 saturated carbocycles. The van der Waals surface area contributed by atoms with Gasteiger partial charge in [-0.1, -0.05) is 42.5 Å². The second-order valence-corrected chi connectivity index (χ2v) is 7.96. The molecule has 4 heteroatoms. The Labute approximate surface area is 169 Å². The lowest BCUT2D eigenvalue weighted by Gasteiger charge is -2.29. The maximum Gasteiger partial charge on any atom is 0.130 e. The first-order valence-electron chi connectivity index (χ1n) is 10.6. The number of piperazine rings is 1. The van der Waals surface area contributed by atoms with Crippen molar-refractivity contribution in [3.05, 3.63) is 65.7 Å². The summed E-state index contributed by atoms with van der Waals surface area (Å²) in [6.07, 6.45) is 2.52. The third-order valence-corrected chi connectivity index (χ3v) is 5.59. The van der Waals surface area contributed by atoms with Crippen molar-refractivity contribution < 1.29 is 19.3 Å². The van der Waals surface area contributed by atoms with Crippen LogP contribution in [0.15, 0.2) is 54.6 Å². The lowest BCUT2D eigenvalue weighted by atomic mass is 10.1. The summed E-state index contributed by atoms with van der Waals surface area (Å²) in [5.74, 6) is 1.17. The Morgan fingerprint density at radius 2 is 1.57 bits per heavy atom. The molecule has 150 valence electrons. The van der Waals surface area contributed by atoms with Gasteiger partial charge in [0.25, 0.3) is 0 Å². The van der Waals surface area contributed by atoms with E-state index in [1.165, 1.54) is 43.9 Å². The normalized spacial score (nSPS) is 19.3. The van der Waals surface area contributed by atoms with Gasteiger partial charge in [0.1, 0.15) is 44.3 Å². The zero-order valence-corrected chi connectivity index (χ0v) is 17.1. The van der Waals surface area contributed by atoms with Crippen LogP contribution in [0.4, 0.5) is 0 Å². The van der Waals surface area contributed by atoms with E-state index in [2.05, 4.69) is 42.5 Å². The molecule has 4 nitrogen and oxygen atoms in total. The molecule has 0 atom stereocenters.